The van der Waals surface area contributed by atoms with Gasteiger partial charge >= 0.3 is 5.69 Å². The van der Waals surface area contributed by atoms with E-state index in [2.05, 4.69) is 9.97 Å². The van der Waals surface area contributed by atoms with E-state index in [1.54, 1.807) is 61.5 Å². The summed E-state index contributed by atoms with van der Waals surface area (Å²) in [6, 6.07) is 15.6. The average molecular weight is 431 g/mol. The molecule has 0 aliphatic rings. The lowest BCUT2D eigenvalue weighted by Crippen LogP contribution is -2.27. The van der Waals surface area contributed by atoms with Crippen molar-refractivity contribution in [3.05, 3.63) is 76.3 Å². The van der Waals surface area contributed by atoms with Crippen LogP contribution in [0.3, 0.4) is 0 Å². The van der Waals surface area contributed by atoms with Crippen molar-refractivity contribution in [1.82, 2.24) is 19.1 Å². The van der Waals surface area contributed by atoms with Crippen molar-refractivity contribution in [3.8, 4) is 17.1 Å². The summed E-state index contributed by atoms with van der Waals surface area (Å²) < 4.78 is 7.86. The maximum absolute atomic E-state index is 13.1. The maximum Gasteiger partial charge on any atom is 0.330 e. The molecule has 0 unspecified atom stereocenters. The number of primary amides is 1. The highest BCUT2D eigenvalue weighted by Crippen LogP contribution is 2.24. The summed E-state index contributed by atoms with van der Waals surface area (Å²) in [4.78, 5) is 47.2. The summed E-state index contributed by atoms with van der Waals surface area (Å²) in [6.45, 7) is 1.80. The van der Waals surface area contributed by atoms with E-state index in [4.69, 9.17) is 10.5 Å². The molecule has 0 spiro atoms. The van der Waals surface area contributed by atoms with Gasteiger partial charge in [-0.25, -0.2) is 14.8 Å². The number of ether oxygens (including phenoxy) is 1. The number of hydrogen-bond acceptors (Lipinski definition) is 6. The van der Waals surface area contributed by atoms with Gasteiger partial charge < -0.3 is 10.5 Å². The standard InChI is InChI=1S/C23H21N5O4/c1-3-27-22-19(28(23(27)31)13-17(29)14-8-5-4-6-9-14)18(20(24)30)25-21(26-22)15-10-7-11-16(12-15)32-2/h4-12H,3,13H2,1-2H3,(H2,24,30). The molecule has 162 valence electrons. The zero-order valence-corrected chi connectivity index (χ0v) is 17.6. The number of nitrogens with zero attached hydrogens (tertiary/aromatic N) is 4. The van der Waals surface area contributed by atoms with Gasteiger partial charge in [0.15, 0.2) is 22.9 Å². The third-order valence-electron chi connectivity index (χ3n) is 5.13. The van der Waals surface area contributed by atoms with Crippen molar-refractivity contribution >= 4 is 22.9 Å². The van der Waals surface area contributed by atoms with Gasteiger partial charge in [-0.3, -0.25) is 18.7 Å². The number of nitrogens with two attached hydrogens (primary N) is 1. The summed E-state index contributed by atoms with van der Waals surface area (Å²) in [5, 5.41) is 0. The lowest BCUT2D eigenvalue weighted by molar-refractivity contribution is 0.0966. The average Bonchev–Trinajstić information content (AvgIpc) is 3.09. The largest absolute Gasteiger partial charge is 0.497 e. The fourth-order valence-corrected chi connectivity index (χ4v) is 3.57. The summed E-state index contributed by atoms with van der Waals surface area (Å²) in [6.07, 6.45) is 0. The fourth-order valence-electron chi connectivity index (χ4n) is 3.57. The minimum atomic E-state index is -0.823. The Hall–Kier alpha value is -4.27. The molecule has 0 aliphatic carbocycles. The number of aryl methyl sites for hydroxylation is 1. The number of benzene rings is 2. The molecule has 9 heteroatoms. The van der Waals surface area contributed by atoms with E-state index >= 15 is 0 Å². The van der Waals surface area contributed by atoms with Crippen LogP contribution in [0, 0.1) is 0 Å². The van der Waals surface area contributed by atoms with Crippen LogP contribution in [0.2, 0.25) is 0 Å². The first-order valence-electron chi connectivity index (χ1n) is 9.98. The molecule has 2 N–H and O–H groups in total. The minimum Gasteiger partial charge on any atom is -0.497 e. The molecule has 4 rings (SSSR count). The van der Waals surface area contributed by atoms with Crippen molar-refractivity contribution in [3.63, 3.8) is 0 Å². The first kappa shape index (κ1) is 21.0. The second-order valence-corrected chi connectivity index (χ2v) is 7.07. The first-order valence-corrected chi connectivity index (χ1v) is 9.98. The Balaban J connectivity index is 1.94. The van der Waals surface area contributed by atoms with Crippen molar-refractivity contribution < 1.29 is 14.3 Å². The van der Waals surface area contributed by atoms with Gasteiger partial charge in [-0.2, -0.15) is 0 Å². The van der Waals surface area contributed by atoms with Gasteiger partial charge in [0.2, 0.25) is 0 Å². The summed E-state index contributed by atoms with van der Waals surface area (Å²) >= 11 is 0. The van der Waals surface area contributed by atoms with E-state index < -0.39 is 11.6 Å². The van der Waals surface area contributed by atoms with E-state index in [1.807, 2.05) is 0 Å². The van der Waals surface area contributed by atoms with Crippen LogP contribution in [-0.2, 0) is 13.1 Å². The van der Waals surface area contributed by atoms with E-state index in [-0.39, 0.29) is 41.6 Å². The summed E-state index contributed by atoms with van der Waals surface area (Å²) in [5.41, 5.74) is 6.46. The molecule has 2 aromatic carbocycles. The van der Waals surface area contributed by atoms with Gasteiger partial charge in [0.05, 0.1) is 13.7 Å². The van der Waals surface area contributed by atoms with Crippen molar-refractivity contribution in [2.45, 2.75) is 20.0 Å². The Kier molecular flexibility index (Phi) is 5.55. The van der Waals surface area contributed by atoms with Gasteiger partial charge in [0, 0.05) is 17.7 Å². The number of methoxy groups -OCH3 is 1. The van der Waals surface area contributed by atoms with E-state index in [0.29, 0.717) is 16.9 Å². The van der Waals surface area contributed by atoms with Crippen molar-refractivity contribution in [1.29, 1.82) is 0 Å². The smallest absolute Gasteiger partial charge is 0.330 e. The maximum atomic E-state index is 13.1. The number of amides is 1. The number of fused-ring (bicyclic) bond motifs is 1. The molecule has 2 aromatic heterocycles. The van der Waals surface area contributed by atoms with Crippen molar-refractivity contribution in [2.24, 2.45) is 5.73 Å². The number of carbonyl (C=O) groups excluding carboxylic acids is 2. The predicted molar refractivity (Wildman–Crippen MR) is 119 cm³/mol. The second kappa shape index (κ2) is 8.46. The lowest BCUT2D eigenvalue weighted by atomic mass is 10.1. The molecule has 4 aromatic rings. The molecule has 1 amide bonds. The van der Waals surface area contributed by atoms with Crippen LogP contribution in [0.15, 0.2) is 59.4 Å². The Morgan fingerprint density at radius 1 is 1.03 bits per heavy atom. The molecule has 0 radical (unpaired) electrons. The van der Waals surface area contributed by atoms with Crippen LogP contribution in [0.4, 0.5) is 0 Å². The molecule has 0 fully saturated rings. The minimum absolute atomic E-state index is 0.127. The molecule has 0 atom stereocenters. The summed E-state index contributed by atoms with van der Waals surface area (Å²) in [5.74, 6) is -0.296. The first-order chi connectivity index (χ1) is 15.4. The van der Waals surface area contributed by atoms with Crippen molar-refractivity contribution in [2.75, 3.05) is 7.11 Å². The summed E-state index contributed by atoms with van der Waals surface area (Å²) in [7, 11) is 1.54. The molecular formula is C23H21N5O4. The SMILES string of the molecule is CCn1c(=O)n(CC(=O)c2ccccc2)c2c(C(N)=O)nc(-c3cccc(OC)c3)nc21. The Labute approximate surface area is 183 Å². The Morgan fingerprint density at radius 2 is 1.78 bits per heavy atom. The number of Topliss-reactive ketones (excluding diaryl/α,β-unsaturated/α-hetero) is 1. The predicted octanol–water partition coefficient (Wildman–Crippen LogP) is 2.27. The second-order valence-electron chi connectivity index (χ2n) is 7.07. The van der Waals surface area contributed by atoms with Gasteiger partial charge in [-0.15, -0.1) is 0 Å². The highest BCUT2D eigenvalue weighted by atomic mass is 16.5. The van der Waals surface area contributed by atoms with Crippen LogP contribution in [0.1, 0.15) is 27.8 Å². The van der Waals surface area contributed by atoms with Crippen LogP contribution in [-0.4, -0.2) is 37.9 Å². The van der Waals surface area contributed by atoms with E-state index in [0.717, 1.165) is 0 Å². The molecule has 2 heterocycles. The number of hydrogen-bond donors (Lipinski definition) is 1. The number of imidazole rings is 1. The number of carbonyl (C=O) groups is 2. The number of aromatic nitrogens is 4. The zero-order valence-electron chi connectivity index (χ0n) is 17.6. The highest BCUT2D eigenvalue weighted by Gasteiger charge is 2.24. The third-order valence-corrected chi connectivity index (χ3v) is 5.13. The fraction of sp³-hybridized carbons (Fsp3) is 0.174. The quantitative estimate of drug-likeness (QED) is 0.448. The number of rotatable bonds is 7. The molecule has 32 heavy (non-hydrogen) atoms. The van der Waals surface area contributed by atoms with Crippen LogP contribution < -0.4 is 16.2 Å². The number of ketones is 1. The zero-order chi connectivity index (χ0) is 22.8. The molecule has 0 saturated carbocycles. The monoisotopic (exact) mass is 431 g/mol. The molecule has 0 aliphatic heterocycles. The molecule has 0 bridgehead atoms. The molecule has 0 saturated heterocycles. The lowest BCUT2D eigenvalue weighted by Gasteiger charge is -2.08. The Bertz CT molecular complexity index is 1390. The third kappa shape index (κ3) is 3.64. The van der Waals surface area contributed by atoms with Crippen LogP contribution in [0.25, 0.3) is 22.6 Å². The van der Waals surface area contributed by atoms with E-state index in [9.17, 15) is 14.4 Å². The van der Waals surface area contributed by atoms with Crippen LogP contribution >= 0.6 is 0 Å². The van der Waals surface area contributed by atoms with Gasteiger partial charge in [-0.05, 0) is 19.1 Å². The van der Waals surface area contributed by atoms with Gasteiger partial charge in [-0.1, -0.05) is 42.5 Å². The molecule has 9 nitrogen and oxygen atoms in total. The van der Waals surface area contributed by atoms with E-state index in [1.165, 1.54) is 16.2 Å². The van der Waals surface area contributed by atoms with Gasteiger partial charge in [0.1, 0.15) is 11.3 Å². The highest BCUT2D eigenvalue weighted by molar-refractivity contribution is 6.03. The van der Waals surface area contributed by atoms with Gasteiger partial charge in [0.25, 0.3) is 5.91 Å². The normalized spacial score (nSPS) is 10.9. The Morgan fingerprint density at radius 3 is 2.44 bits per heavy atom. The molecular weight excluding hydrogens is 410 g/mol. The topological polar surface area (TPSA) is 122 Å². The van der Waals surface area contributed by atoms with Crippen LogP contribution in [0.5, 0.6) is 5.75 Å².